The first kappa shape index (κ1) is 16.2. The molecule has 0 aliphatic rings. The number of rotatable bonds is 6. The van der Waals surface area contributed by atoms with Crippen molar-refractivity contribution in [2.75, 3.05) is 11.9 Å². The summed E-state index contributed by atoms with van der Waals surface area (Å²) in [7, 11) is 0. The molecule has 116 valence electrons. The Morgan fingerprint density at radius 1 is 1.55 bits per heavy atom. The van der Waals surface area contributed by atoms with E-state index in [0.717, 1.165) is 5.56 Å². The van der Waals surface area contributed by atoms with Gasteiger partial charge in [-0.25, -0.2) is 0 Å². The first-order valence-corrected chi connectivity index (χ1v) is 7.90. The number of hydrogen-bond donors (Lipinski definition) is 2. The van der Waals surface area contributed by atoms with Crippen molar-refractivity contribution in [1.82, 2.24) is 15.1 Å². The zero-order chi connectivity index (χ0) is 16.1. The number of carbonyl (C=O) groups is 1. The summed E-state index contributed by atoms with van der Waals surface area (Å²) in [6.45, 7) is 6.25. The lowest BCUT2D eigenvalue weighted by atomic mass is 10.2. The van der Waals surface area contributed by atoms with Crippen LogP contribution in [0.25, 0.3) is 0 Å². The molecule has 0 unspecified atom stereocenters. The Morgan fingerprint density at radius 3 is 2.95 bits per heavy atom. The summed E-state index contributed by atoms with van der Waals surface area (Å²) in [4.78, 5) is 11.9. The fraction of sp³-hybridized carbons (Fsp3) is 0.400. The molecule has 1 amide bonds. The molecule has 0 saturated heterocycles. The van der Waals surface area contributed by atoms with E-state index in [2.05, 4.69) is 28.7 Å². The van der Waals surface area contributed by atoms with E-state index in [0.29, 0.717) is 10.6 Å². The third-order valence-electron chi connectivity index (χ3n) is 3.49. The second-order valence-corrected chi connectivity index (χ2v) is 6.15. The van der Waals surface area contributed by atoms with Gasteiger partial charge in [-0.05, 0) is 37.8 Å². The lowest BCUT2D eigenvalue weighted by Crippen LogP contribution is -2.39. The number of aromatic nitrogens is 2. The quantitative estimate of drug-likeness (QED) is 0.856. The Bertz CT molecular complexity index is 684. The van der Waals surface area contributed by atoms with E-state index in [9.17, 15) is 4.79 Å². The number of thiophene rings is 1. The number of nitrogens with one attached hydrogen (secondary N) is 2. The van der Waals surface area contributed by atoms with Gasteiger partial charge in [-0.3, -0.25) is 9.48 Å². The van der Waals surface area contributed by atoms with E-state index in [1.807, 2.05) is 30.9 Å². The highest BCUT2D eigenvalue weighted by atomic mass is 32.1. The van der Waals surface area contributed by atoms with Gasteiger partial charge in [0.2, 0.25) is 5.91 Å². The maximum atomic E-state index is 11.9. The van der Waals surface area contributed by atoms with Gasteiger partial charge in [0, 0.05) is 12.2 Å². The van der Waals surface area contributed by atoms with Gasteiger partial charge < -0.3 is 10.6 Å². The molecule has 0 aromatic carbocycles. The normalized spacial score (nSPS) is 13.4. The van der Waals surface area contributed by atoms with Gasteiger partial charge in [0.25, 0.3) is 0 Å². The minimum atomic E-state index is -0.158. The summed E-state index contributed by atoms with van der Waals surface area (Å²) in [6, 6.07) is 3.97. The second-order valence-electron chi connectivity index (χ2n) is 5.23. The van der Waals surface area contributed by atoms with Crippen LogP contribution in [0.3, 0.4) is 0 Å². The van der Waals surface area contributed by atoms with E-state index >= 15 is 0 Å². The molecule has 2 aromatic heterocycles. The molecular formula is C15H19N5OS. The van der Waals surface area contributed by atoms with Gasteiger partial charge in [0.1, 0.15) is 11.1 Å². The molecule has 2 heterocycles. The SMILES string of the molecule is Cc1cnn([C@H](C)[C@@H](C)NCC(=O)Nc2sccc2C#N)c1. The first-order chi connectivity index (χ1) is 10.5. The molecule has 2 N–H and O–H groups in total. The Kier molecular flexibility index (Phi) is 5.31. The Labute approximate surface area is 133 Å². The summed E-state index contributed by atoms with van der Waals surface area (Å²) in [5, 5.41) is 21.5. The van der Waals surface area contributed by atoms with Crippen LogP contribution in [0.2, 0.25) is 0 Å². The van der Waals surface area contributed by atoms with Gasteiger partial charge in [0.05, 0.1) is 24.3 Å². The molecule has 7 heteroatoms. The highest BCUT2D eigenvalue weighted by Gasteiger charge is 2.16. The second kappa shape index (κ2) is 7.20. The highest BCUT2D eigenvalue weighted by Crippen LogP contribution is 2.21. The van der Waals surface area contributed by atoms with Crippen LogP contribution in [0, 0.1) is 18.3 Å². The van der Waals surface area contributed by atoms with Crippen molar-refractivity contribution in [3.63, 3.8) is 0 Å². The molecule has 0 aliphatic carbocycles. The molecule has 0 saturated carbocycles. The molecule has 0 bridgehead atoms. The molecule has 0 fully saturated rings. The van der Waals surface area contributed by atoms with E-state index in [1.54, 1.807) is 11.4 Å². The van der Waals surface area contributed by atoms with E-state index in [-0.39, 0.29) is 24.5 Å². The van der Waals surface area contributed by atoms with Gasteiger partial charge in [-0.2, -0.15) is 10.4 Å². The first-order valence-electron chi connectivity index (χ1n) is 7.03. The number of hydrogen-bond acceptors (Lipinski definition) is 5. The van der Waals surface area contributed by atoms with Crippen molar-refractivity contribution in [2.45, 2.75) is 32.9 Å². The van der Waals surface area contributed by atoms with Gasteiger partial charge >= 0.3 is 0 Å². The van der Waals surface area contributed by atoms with Crippen molar-refractivity contribution in [2.24, 2.45) is 0 Å². The molecule has 6 nitrogen and oxygen atoms in total. The molecule has 2 atom stereocenters. The summed E-state index contributed by atoms with van der Waals surface area (Å²) >= 11 is 1.35. The lowest BCUT2D eigenvalue weighted by molar-refractivity contribution is -0.115. The third kappa shape index (κ3) is 3.93. The largest absolute Gasteiger partial charge is 0.315 e. The molecule has 0 aliphatic heterocycles. The van der Waals surface area contributed by atoms with Crippen LogP contribution in [-0.2, 0) is 4.79 Å². The fourth-order valence-electron chi connectivity index (χ4n) is 1.97. The Morgan fingerprint density at radius 2 is 2.32 bits per heavy atom. The fourth-order valence-corrected chi connectivity index (χ4v) is 2.73. The number of amides is 1. The van der Waals surface area contributed by atoms with Crippen LogP contribution in [0.15, 0.2) is 23.8 Å². The van der Waals surface area contributed by atoms with Crippen molar-refractivity contribution in [3.05, 3.63) is 35.0 Å². The number of nitriles is 1. The molecule has 0 spiro atoms. The Balaban J connectivity index is 1.84. The lowest BCUT2D eigenvalue weighted by Gasteiger charge is -2.21. The van der Waals surface area contributed by atoms with Crippen LogP contribution < -0.4 is 10.6 Å². The summed E-state index contributed by atoms with van der Waals surface area (Å²) in [6.07, 6.45) is 3.80. The maximum Gasteiger partial charge on any atom is 0.238 e. The average Bonchev–Trinajstić information content (AvgIpc) is 3.12. The average molecular weight is 317 g/mol. The van der Waals surface area contributed by atoms with Crippen LogP contribution >= 0.6 is 11.3 Å². The van der Waals surface area contributed by atoms with E-state index in [1.165, 1.54) is 11.3 Å². The topological polar surface area (TPSA) is 82.7 Å². The predicted molar refractivity (Wildman–Crippen MR) is 86.8 cm³/mol. The third-order valence-corrected chi connectivity index (χ3v) is 4.32. The van der Waals surface area contributed by atoms with Crippen molar-refractivity contribution >= 4 is 22.2 Å². The Hall–Kier alpha value is -2.17. The van der Waals surface area contributed by atoms with Crippen molar-refractivity contribution in [3.8, 4) is 6.07 Å². The van der Waals surface area contributed by atoms with Crippen molar-refractivity contribution in [1.29, 1.82) is 5.26 Å². The number of aryl methyl sites for hydroxylation is 1. The van der Waals surface area contributed by atoms with E-state index < -0.39 is 0 Å². The van der Waals surface area contributed by atoms with Gasteiger partial charge in [-0.15, -0.1) is 11.3 Å². The van der Waals surface area contributed by atoms with Crippen LogP contribution in [0.4, 0.5) is 5.00 Å². The van der Waals surface area contributed by atoms with Gasteiger partial charge in [0.15, 0.2) is 0 Å². The monoisotopic (exact) mass is 317 g/mol. The smallest absolute Gasteiger partial charge is 0.238 e. The molecular weight excluding hydrogens is 298 g/mol. The summed E-state index contributed by atoms with van der Waals surface area (Å²) in [5.74, 6) is -0.158. The maximum absolute atomic E-state index is 11.9. The predicted octanol–water partition coefficient (Wildman–Crippen LogP) is 2.30. The van der Waals surface area contributed by atoms with Crippen LogP contribution in [0.5, 0.6) is 0 Å². The molecule has 2 rings (SSSR count). The highest BCUT2D eigenvalue weighted by molar-refractivity contribution is 7.14. The number of anilines is 1. The van der Waals surface area contributed by atoms with Crippen LogP contribution in [0.1, 0.15) is 31.0 Å². The summed E-state index contributed by atoms with van der Waals surface area (Å²) < 4.78 is 1.89. The van der Waals surface area contributed by atoms with Gasteiger partial charge in [-0.1, -0.05) is 0 Å². The zero-order valence-electron chi connectivity index (χ0n) is 12.8. The van der Waals surface area contributed by atoms with Crippen LogP contribution in [-0.4, -0.2) is 28.3 Å². The van der Waals surface area contributed by atoms with E-state index in [4.69, 9.17) is 5.26 Å². The zero-order valence-corrected chi connectivity index (χ0v) is 13.6. The molecule has 2 aromatic rings. The molecule has 0 radical (unpaired) electrons. The minimum Gasteiger partial charge on any atom is -0.315 e. The standard InChI is InChI=1S/C15H19N5OS/c1-10-7-18-20(9-10)12(3)11(2)17-8-14(21)19-15-13(6-16)4-5-22-15/h4-5,7,9,11-12,17H,8H2,1-3H3,(H,19,21)/t11-,12-/m1/s1. The molecule has 22 heavy (non-hydrogen) atoms. The number of nitrogens with zero attached hydrogens (tertiary/aromatic N) is 3. The summed E-state index contributed by atoms with van der Waals surface area (Å²) in [5.41, 5.74) is 1.60. The number of carbonyl (C=O) groups excluding carboxylic acids is 1. The van der Waals surface area contributed by atoms with Crippen molar-refractivity contribution < 1.29 is 4.79 Å². The minimum absolute atomic E-state index is 0.0869.